The molecule has 0 spiro atoms. The van der Waals surface area contributed by atoms with Gasteiger partial charge in [-0.15, -0.1) is 0 Å². The van der Waals surface area contributed by atoms with Gasteiger partial charge in [-0.3, -0.25) is 9.59 Å². The monoisotopic (exact) mass is 470 g/mol. The fraction of sp³-hybridized carbons (Fsp3) is 0.241. The van der Waals surface area contributed by atoms with Gasteiger partial charge >= 0.3 is 0 Å². The Morgan fingerprint density at radius 2 is 1.51 bits per heavy atom. The second kappa shape index (κ2) is 10.1. The summed E-state index contributed by atoms with van der Waals surface area (Å²) >= 11 is 0. The van der Waals surface area contributed by atoms with Crippen molar-refractivity contribution in [3.63, 3.8) is 0 Å². The number of aryl methyl sites for hydroxylation is 1. The largest absolute Gasteiger partial charge is 0.507 e. The molecule has 35 heavy (non-hydrogen) atoms. The smallest absolute Gasteiger partial charge is 0.295 e. The van der Waals surface area contributed by atoms with Crippen LogP contribution in [0.3, 0.4) is 0 Å². The summed E-state index contributed by atoms with van der Waals surface area (Å²) in [5.74, 6) is -0.765. The summed E-state index contributed by atoms with van der Waals surface area (Å²) in [5, 5.41) is 11.3. The van der Waals surface area contributed by atoms with E-state index in [-0.39, 0.29) is 17.9 Å². The normalized spacial score (nSPS) is 17.0. The number of aliphatic hydroxyl groups excluding tert-OH is 1. The van der Waals surface area contributed by atoms with E-state index in [2.05, 4.69) is 6.92 Å². The van der Waals surface area contributed by atoms with Crippen molar-refractivity contribution in [2.75, 3.05) is 26.1 Å². The Morgan fingerprint density at radius 1 is 0.914 bits per heavy atom. The molecule has 3 aromatic rings. The number of amides is 1. The zero-order valence-corrected chi connectivity index (χ0v) is 20.5. The number of anilines is 1. The third kappa shape index (κ3) is 4.78. The molecular formula is C29H30N2O4. The van der Waals surface area contributed by atoms with Crippen LogP contribution in [-0.4, -0.2) is 42.9 Å². The number of likely N-dealkylation sites (tertiary alicyclic amines) is 1. The van der Waals surface area contributed by atoms with Gasteiger partial charge < -0.3 is 19.6 Å². The van der Waals surface area contributed by atoms with Crippen molar-refractivity contribution in [2.24, 2.45) is 0 Å². The number of carbonyl (C=O) groups excluding carboxylic acids is 2. The number of ketones is 1. The molecule has 0 aromatic heterocycles. The van der Waals surface area contributed by atoms with Crippen molar-refractivity contribution < 1.29 is 19.4 Å². The van der Waals surface area contributed by atoms with Crippen LogP contribution in [0, 0.1) is 0 Å². The van der Waals surface area contributed by atoms with E-state index in [9.17, 15) is 14.7 Å². The van der Waals surface area contributed by atoms with E-state index in [1.807, 2.05) is 79.7 Å². The number of rotatable bonds is 7. The van der Waals surface area contributed by atoms with Crippen LogP contribution in [0.4, 0.5) is 5.69 Å². The van der Waals surface area contributed by atoms with Gasteiger partial charge in [-0.25, -0.2) is 0 Å². The summed E-state index contributed by atoms with van der Waals surface area (Å²) < 4.78 is 5.23. The van der Waals surface area contributed by atoms with Crippen molar-refractivity contribution in [1.82, 2.24) is 4.90 Å². The standard InChI is InChI=1S/C29H30N2O4/c1-5-19-6-10-22(11-7-19)27(32)25-26(21-12-14-23(15-13-21)30(2)3)31(29(34)28(25)33)18-20-8-16-24(35-4)17-9-20/h6-17,26,32H,5,18H2,1-4H3/b27-25-. The number of hydrogen-bond donors (Lipinski definition) is 1. The van der Waals surface area contributed by atoms with Crippen LogP contribution in [0.5, 0.6) is 5.75 Å². The molecule has 0 saturated carbocycles. The molecule has 0 aliphatic carbocycles. The fourth-order valence-corrected chi connectivity index (χ4v) is 4.33. The number of methoxy groups -OCH3 is 1. The van der Waals surface area contributed by atoms with Gasteiger partial charge in [-0.1, -0.05) is 55.5 Å². The van der Waals surface area contributed by atoms with Gasteiger partial charge in [0.25, 0.3) is 11.7 Å². The number of aliphatic hydroxyl groups is 1. The molecule has 0 radical (unpaired) electrons. The molecule has 4 rings (SSSR count). The highest BCUT2D eigenvalue weighted by molar-refractivity contribution is 6.46. The van der Waals surface area contributed by atoms with Crippen molar-refractivity contribution >= 4 is 23.1 Å². The third-order valence-electron chi connectivity index (χ3n) is 6.41. The van der Waals surface area contributed by atoms with Crippen LogP contribution in [0.25, 0.3) is 5.76 Å². The fourth-order valence-electron chi connectivity index (χ4n) is 4.33. The highest BCUT2D eigenvalue weighted by atomic mass is 16.5. The van der Waals surface area contributed by atoms with Gasteiger partial charge in [-0.05, 0) is 47.4 Å². The zero-order valence-electron chi connectivity index (χ0n) is 20.5. The predicted octanol–water partition coefficient (Wildman–Crippen LogP) is 4.95. The maximum absolute atomic E-state index is 13.3. The van der Waals surface area contributed by atoms with Crippen molar-refractivity contribution in [3.8, 4) is 5.75 Å². The number of nitrogens with zero attached hydrogens (tertiary/aromatic N) is 2. The maximum atomic E-state index is 13.3. The maximum Gasteiger partial charge on any atom is 0.295 e. The molecule has 1 amide bonds. The van der Waals surface area contributed by atoms with Crippen LogP contribution in [0.2, 0.25) is 0 Å². The SMILES string of the molecule is CCc1ccc(/C(O)=C2/C(=O)C(=O)N(Cc3ccc(OC)cc3)C2c2ccc(N(C)C)cc2)cc1. The first-order chi connectivity index (χ1) is 16.8. The Labute approximate surface area is 206 Å². The van der Waals surface area contributed by atoms with Gasteiger partial charge in [0.2, 0.25) is 0 Å². The minimum absolute atomic E-state index is 0.102. The number of ether oxygens (including phenoxy) is 1. The molecule has 1 heterocycles. The quantitative estimate of drug-likeness (QED) is 0.301. The average molecular weight is 471 g/mol. The second-order valence-corrected chi connectivity index (χ2v) is 8.81. The van der Waals surface area contributed by atoms with E-state index >= 15 is 0 Å². The highest BCUT2D eigenvalue weighted by Gasteiger charge is 2.46. The molecule has 180 valence electrons. The van der Waals surface area contributed by atoms with Gasteiger partial charge in [0, 0.05) is 31.9 Å². The van der Waals surface area contributed by atoms with Crippen molar-refractivity contribution in [2.45, 2.75) is 25.9 Å². The first kappa shape index (κ1) is 24.1. The van der Waals surface area contributed by atoms with E-state index in [0.29, 0.717) is 11.3 Å². The van der Waals surface area contributed by atoms with Crippen LogP contribution in [-0.2, 0) is 22.6 Å². The molecule has 3 aromatic carbocycles. The first-order valence-electron chi connectivity index (χ1n) is 11.6. The van der Waals surface area contributed by atoms with E-state index in [1.165, 1.54) is 4.90 Å². The molecule has 1 aliphatic heterocycles. The Balaban J connectivity index is 1.81. The van der Waals surface area contributed by atoms with E-state index in [0.717, 1.165) is 28.8 Å². The van der Waals surface area contributed by atoms with Gasteiger partial charge in [-0.2, -0.15) is 0 Å². The summed E-state index contributed by atoms with van der Waals surface area (Å²) in [4.78, 5) is 30.0. The minimum Gasteiger partial charge on any atom is -0.507 e. The lowest BCUT2D eigenvalue weighted by atomic mass is 9.94. The lowest BCUT2D eigenvalue weighted by Crippen LogP contribution is -2.29. The molecule has 1 N–H and O–H groups in total. The number of benzene rings is 3. The van der Waals surface area contributed by atoms with Crippen LogP contribution < -0.4 is 9.64 Å². The molecule has 1 aliphatic rings. The van der Waals surface area contributed by atoms with Crippen LogP contribution >= 0.6 is 0 Å². The molecule has 1 fully saturated rings. The molecule has 0 bridgehead atoms. The predicted molar refractivity (Wildman–Crippen MR) is 137 cm³/mol. The van der Waals surface area contributed by atoms with E-state index in [4.69, 9.17) is 4.74 Å². The molecule has 6 heteroatoms. The summed E-state index contributed by atoms with van der Waals surface area (Å²) in [5.41, 5.74) is 4.35. The number of Topliss-reactive ketones (excluding diaryl/α,β-unsaturated/α-hetero) is 1. The Hall–Kier alpha value is -4.06. The lowest BCUT2D eigenvalue weighted by Gasteiger charge is -2.26. The third-order valence-corrected chi connectivity index (χ3v) is 6.41. The second-order valence-electron chi connectivity index (χ2n) is 8.81. The minimum atomic E-state index is -0.709. The van der Waals surface area contributed by atoms with Crippen LogP contribution in [0.15, 0.2) is 78.4 Å². The molecular weight excluding hydrogens is 440 g/mol. The van der Waals surface area contributed by atoms with Gasteiger partial charge in [0.1, 0.15) is 11.5 Å². The molecule has 1 unspecified atom stereocenters. The van der Waals surface area contributed by atoms with Crippen LogP contribution in [0.1, 0.15) is 35.2 Å². The lowest BCUT2D eigenvalue weighted by molar-refractivity contribution is -0.140. The summed E-state index contributed by atoms with van der Waals surface area (Å²) in [7, 11) is 5.49. The zero-order chi connectivity index (χ0) is 25.1. The van der Waals surface area contributed by atoms with E-state index < -0.39 is 17.7 Å². The average Bonchev–Trinajstić information content (AvgIpc) is 3.13. The number of hydrogen-bond acceptors (Lipinski definition) is 5. The molecule has 6 nitrogen and oxygen atoms in total. The van der Waals surface area contributed by atoms with Crippen molar-refractivity contribution in [3.05, 3.63) is 101 Å². The molecule has 1 atom stereocenters. The molecule has 1 saturated heterocycles. The Bertz CT molecular complexity index is 1240. The number of carbonyl (C=O) groups is 2. The van der Waals surface area contributed by atoms with Gasteiger partial charge in [0.15, 0.2) is 0 Å². The summed E-state index contributed by atoms with van der Waals surface area (Å²) in [6.45, 7) is 2.27. The topological polar surface area (TPSA) is 70.1 Å². The van der Waals surface area contributed by atoms with Gasteiger partial charge in [0.05, 0.1) is 18.7 Å². The van der Waals surface area contributed by atoms with Crippen molar-refractivity contribution in [1.29, 1.82) is 0 Å². The highest BCUT2D eigenvalue weighted by Crippen LogP contribution is 2.40. The van der Waals surface area contributed by atoms with E-state index in [1.54, 1.807) is 19.2 Å². The Kier molecular flexibility index (Phi) is 6.92. The summed E-state index contributed by atoms with van der Waals surface area (Å²) in [6, 6.07) is 21.8. The summed E-state index contributed by atoms with van der Waals surface area (Å²) in [6.07, 6.45) is 0.867. The Morgan fingerprint density at radius 3 is 2.06 bits per heavy atom. The first-order valence-corrected chi connectivity index (χ1v) is 11.6.